The first-order valence-corrected chi connectivity index (χ1v) is 7.11. The van der Waals surface area contributed by atoms with E-state index in [0.29, 0.717) is 25.5 Å². The molecule has 0 rings (SSSR count). The fourth-order valence-corrected chi connectivity index (χ4v) is 2.05. The molecule has 0 saturated carbocycles. The maximum Gasteiger partial charge on any atom is 0.306 e. The van der Waals surface area contributed by atoms with Crippen LogP contribution >= 0.6 is 0 Å². The topological polar surface area (TPSA) is 55.6 Å². The second kappa shape index (κ2) is 10.3. The molecule has 0 fully saturated rings. The molecular formula is C14H30N2O2. The molecule has 18 heavy (non-hydrogen) atoms. The first-order chi connectivity index (χ1) is 8.53. The minimum absolute atomic E-state index is 0.113. The quantitative estimate of drug-likeness (QED) is 0.608. The Kier molecular flexibility index (Phi) is 9.98. The zero-order valence-electron chi connectivity index (χ0n) is 12.4. The number of likely N-dealkylation sites (N-methyl/N-ethyl adjacent to an activating group) is 1. The van der Waals surface area contributed by atoms with Crippen molar-refractivity contribution in [2.75, 3.05) is 32.8 Å². The van der Waals surface area contributed by atoms with Gasteiger partial charge in [-0.2, -0.15) is 0 Å². The molecule has 0 aliphatic carbocycles. The minimum atomic E-state index is -0.113. The number of hydrogen-bond acceptors (Lipinski definition) is 4. The van der Waals surface area contributed by atoms with Gasteiger partial charge >= 0.3 is 5.97 Å². The van der Waals surface area contributed by atoms with E-state index in [4.69, 9.17) is 10.5 Å². The first kappa shape index (κ1) is 17.4. The summed E-state index contributed by atoms with van der Waals surface area (Å²) in [5.41, 5.74) is 5.67. The predicted octanol–water partition coefficient (Wildman–Crippen LogP) is 1.88. The molecule has 1 atom stereocenters. The predicted molar refractivity (Wildman–Crippen MR) is 75.4 cm³/mol. The van der Waals surface area contributed by atoms with Gasteiger partial charge in [0.2, 0.25) is 0 Å². The molecule has 0 aromatic heterocycles. The third-order valence-corrected chi connectivity index (χ3v) is 3.16. The summed E-state index contributed by atoms with van der Waals surface area (Å²) in [7, 11) is 0. The number of carbonyl (C=O) groups is 1. The Morgan fingerprint density at radius 2 is 1.89 bits per heavy atom. The van der Waals surface area contributed by atoms with Crippen LogP contribution in [-0.4, -0.2) is 43.7 Å². The second-order valence-electron chi connectivity index (χ2n) is 5.18. The van der Waals surface area contributed by atoms with Crippen molar-refractivity contribution < 1.29 is 9.53 Å². The second-order valence-corrected chi connectivity index (χ2v) is 5.18. The first-order valence-electron chi connectivity index (χ1n) is 7.11. The zero-order valence-corrected chi connectivity index (χ0v) is 12.4. The van der Waals surface area contributed by atoms with E-state index in [0.717, 1.165) is 26.1 Å². The number of ether oxygens (including phenoxy) is 1. The Balaban J connectivity index is 3.81. The molecule has 0 heterocycles. The largest absolute Gasteiger partial charge is 0.464 e. The molecule has 0 aliphatic heterocycles. The van der Waals surface area contributed by atoms with Crippen LogP contribution in [0.4, 0.5) is 0 Å². The molecule has 0 spiro atoms. The third kappa shape index (κ3) is 8.48. The third-order valence-electron chi connectivity index (χ3n) is 3.16. The van der Waals surface area contributed by atoms with Crippen LogP contribution in [0.1, 0.15) is 40.5 Å². The van der Waals surface area contributed by atoms with Gasteiger partial charge in [-0.3, -0.25) is 4.79 Å². The van der Waals surface area contributed by atoms with Gasteiger partial charge in [0.15, 0.2) is 0 Å². The Bertz CT molecular complexity index is 216. The highest BCUT2D eigenvalue weighted by molar-refractivity contribution is 5.69. The van der Waals surface area contributed by atoms with Crippen LogP contribution in [0.5, 0.6) is 0 Å². The summed E-state index contributed by atoms with van der Waals surface area (Å²) >= 11 is 0. The molecule has 2 N–H and O–H groups in total. The van der Waals surface area contributed by atoms with Crippen LogP contribution in [-0.2, 0) is 9.53 Å². The van der Waals surface area contributed by atoms with Gasteiger partial charge in [-0.25, -0.2) is 0 Å². The van der Waals surface area contributed by atoms with Crippen molar-refractivity contribution in [3.8, 4) is 0 Å². The molecule has 0 bridgehead atoms. The summed E-state index contributed by atoms with van der Waals surface area (Å²) < 4.78 is 5.25. The van der Waals surface area contributed by atoms with E-state index >= 15 is 0 Å². The molecule has 0 aromatic rings. The Labute approximate surface area is 112 Å². The molecule has 108 valence electrons. The van der Waals surface area contributed by atoms with Crippen LogP contribution in [0.3, 0.4) is 0 Å². The molecule has 0 amide bonds. The summed E-state index contributed by atoms with van der Waals surface area (Å²) in [6.07, 6.45) is 1.44. The van der Waals surface area contributed by atoms with Crippen LogP contribution < -0.4 is 5.73 Å². The average Bonchev–Trinajstić information content (AvgIpc) is 2.33. The number of carbonyl (C=O) groups excluding carboxylic acids is 1. The van der Waals surface area contributed by atoms with Crippen molar-refractivity contribution in [1.29, 1.82) is 0 Å². The zero-order chi connectivity index (χ0) is 14.0. The lowest BCUT2D eigenvalue weighted by Gasteiger charge is -2.19. The lowest BCUT2D eigenvalue weighted by Crippen LogP contribution is -2.28. The van der Waals surface area contributed by atoms with Crippen molar-refractivity contribution >= 4 is 5.97 Å². The van der Waals surface area contributed by atoms with Crippen molar-refractivity contribution in [3.05, 3.63) is 0 Å². The SMILES string of the molecule is CCN(CC)CCOC(=O)C[C@@H](CN)CC(C)C. The smallest absolute Gasteiger partial charge is 0.306 e. The lowest BCUT2D eigenvalue weighted by atomic mass is 9.94. The van der Waals surface area contributed by atoms with Gasteiger partial charge in [0, 0.05) is 13.0 Å². The van der Waals surface area contributed by atoms with E-state index in [1.54, 1.807) is 0 Å². The highest BCUT2D eigenvalue weighted by atomic mass is 16.5. The minimum Gasteiger partial charge on any atom is -0.464 e. The van der Waals surface area contributed by atoms with Crippen molar-refractivity contribution in [2.45, 2.75) is 40.5 Å². The van der Waals surface area contributed by atoms with Gasteiger partial charge in [0.25, 0.3) is 0 Å². The molecule has 4 nitrogen and oxygen atoms in total. The van der Waals surface area contributed by atoms with Gasteiger partial charge < -0.3 is 15.4 Å². The Hall–Kier alpha value is -0.610. The maximum atomic E-state index is 11.7. The van der Waals surface area contributed by atoms with Gasteiger partial charge in [-0.15, -0.1) is 0 Å². The summed E-state index contributed by atoms with van der Waals surface area (Å²) in [6.45, 7) is 12.4. The summed E-state index contributed by atoms with van der Waals surface area (Å²) in [4.78, 5) is 13.9. The summed E-state index contributed by atoms with van der Waals surface area (Å²) in [5, 5.41) is 0. The van der Waals surface area contributed by atoms with Crippen LogP contribution in [0.15, 0.2) is 0 Å². The molecule has 4 heteroatoms. The standard InChI is InChI=1S/C14H30N2O2/c1-5-16(6-2)7-8-18-14(17)10-13(11-15)9-12(3)4/h12-13H,5-11,15H2,1-4H3/t13-/m0/s1. The highest BCUT2D eigenvalue weighted by Gasteiger charge is 2.15. The maximum absolute atomic E-state index is 11.7. The van der Waals surface area contributed by atoms with Crippen LogP contribution in [0, 0.1) is 11.8 Å². The van der Waals surface area contributed by atoms with Crippen LogP contribution in [0.2, 0.25) is 0 Å². The van der Waals surface area contributed by atoms with E-state index in [9.17, 15) is 4.79 Å². The number of nitrogens with two attached hydrogens (primary N) is 1. The molecular weight excluding hydrogens is 228 g/mol. The monoisotopic (exact) mass is 258 g/mol. The molecule has 0 radical (unpaired) electrons. The Morgan fingerprint density at radius 3 is 2.33 bits per heavy atom. The van der Waals surface area contributed by atoms with Gasteiger partial charge in [0.1, 0.15) is 6.61 Å². The fraction of sp³-hybridized carbons (Fsp3) is 0.929. The highest BCUT2D eigenvalue weighted by Crippen LogP contribution is 2.14. The number of hydrogen-bond donors (Lipinski definition) is 1. The van der Waals surface area contributed by atoms with Crippen molar-refractivity contribution in [2.24, 2.45) is 17.6 Å². The van der Waals surface area contributed by atoms with E-state index in [-0.39, 0.29) is 11.9 Å². The van der Waals surface area contributed by atoms with E-state index in [2.05, 4.69) is 32.6 Å². The molecule has 0 aliphatic rings. The van der Waals surface area contributed by atoms with Crippen LogP contribution in [0.25, 0.3) is 0 Å². The Morgan fingerprint density at radius 1 is 1.28 bits per heavy atom. The average molecular weight is 258 g/mol. The summed E-state index contributed by atoms with van der Waals surface area (Å²) in [5.74, 6) is 0.714. The molecule has 0 aromatic carbocycles. The number of nitrogens with zero attached hydrogens (tertiary/aromatic N) is 1. The summed E-state index contributed by atoms with van der Waals surface area (Å²) in [6, 6.07) is 0. The van der Waals surface area contributed by atoms with Crippen molar-refractivity contribution in [1.82, 2.24) is 4.90 Å². The van der Waals surface area contributed by atoms with E-state index in [1.807, 2.05) is 0 Å². The van der Waals surface area contributed by atoms with Gasteiger partial charge in [-0.05, 0) is 37.9 Å². The van der Waals surface area contributed by atoms with Gasteiger partial charge in [-0.1, -0.05) is 27.7 Å². The van der Waals surface area contributed by atoms with Crippen molar-refractivity contribution in [3.63, 3.8) is 0 Å². The number of rotatable bonds is 10. The fourth-order valence-electron chi connectivity index (χ4n) is 2.05. The molecule has 0 unspecified atom stereocenters. The van der Waals surface area contributed by atoms with Gasteiger partial charge in [0.05, 0.1) is 0 Å². The molecule has 0 saturated heterocycles. The lowest BCUT2D eigenvalue weighted by molar-refractivity contribution is -0.145. The van der Waals surface area contributed by atoms with E-state index in [1.165, 1.54) is 0 Å². The van der Waals surface area contributed by atoms with E-state index < -0.39 is 0 Å². The number of esters is 1. The normalized spacial score (nSPS) is 13.1.